The van der Waals surface area contributed by atoms with Crippen LogP contribution in [0.1, 0.15) is 198 Å². The maximum Gasteiger partial charge on any atom is 0.413 e. The molecule has 0 aliphatic heterocycles. The third-order valence-corrected chi connectivity index (χ3v) is 31.6. The number of carbonyl (C=O) groups is 4. The van der Waals surface area contributed by atoms with Gasteiger partial charge in [0.2, 0.25) is 11.8 Å². The van der Waals surface area contributed by atoms with Gasteiger partial charge in [-0.25, -0.2) is 19.6 Å². The minimum absolute atomic E-state index is 0.133. The molecule has 4 amide bonds. The molecule has 8 rings (SSSR count). The van der Waals surface area contributed by atoms with E-state index in [9.17, 15) is 19.2 Å². The minimum Gasteiger partial charge on any atom is -0.444 e. The Labute approximate surface area is 602 Å². The Morgan fingerprint density at radius 1 is 0.571 bits per heavy atom. The van der Waals surface area contributed by atoms with Crippen LogP contribution in [0.15, 0.2) is 86.7 Å². The van der Waals surface area contributed by atoms with Crippen molar-refractivity contribution in [2.24, 2.45) is 0 Å². The van der Waals surface area contributed by atoms with Crippen molar-refractivity contribution >= 4 is 127 Å². The van der Waals surface area contributed by atoms with Crippen molar-refractivity contribution in [3.63, 3.8) is 0 Å². The summed E-state index contributed by atoms with van der Waals surface area (Å²) < 4.78 is 40.0. The van der Waals surface area contributed by atoms with Gasteiger partial charge in [0.15, 0.2) is 0 Å². The van der Waals surface area contributed by atoms with Crippen LogP contribution in [-0.4, -0.2) is 107 Å². The summed E-state index contributed by atoms with van der Waals surface area (Å²) in [6, 6.07) is 14.8. The van der Waals surface area contributed by atoms with E-state index in [2.05, 4.69) is 125 Å². The Morgan fingerprint density at radius 2 is 0.990 bits per heavy atom. The number of unbranched alkanes of at least 4 members (excludes halogenated alkanes) is 3. The van der Waals surface area contributed by atoms with E-state index in [-0.39, 0.29) is 37.2 Å². The first-order valence-electron chi connectivity index (χ1n) is 33.0. The van der Waals surface area contributed by atoms with Gasteiger partial charge in [-0.3, -0.25) is 30.2 Å². The first kappa shape index (κ1) is 79.5. The zero-order valence-corrected chi connectivity index (χ0v) is 65.6. The monoisotopic (exact) mass is 1600 g/mol. The molecule has 0 saturated heterocycles. The third kappa shape index (κ3) is 24.2. The standard InChI is InChI=1S/C30H33ClN6O5.C26H26ClIN6O4.C4H7O.3C4H9.Sn/c1-8-40-18(4)22-11-19(10-20-13-21(31)14-32-26(20)22)12-25-36-37-28(41-25)27(38)33-15-23-16(2)9-24(34-17(23)3)35-29(39)42-30(5,6)7;1-13-6-20(32-25(36)38-26(3,4)5)31-14(2)18(13)12-30-23(35)24-34-33-21(37-24)9-15-7-16-10-17(27)11-29-22(16)19(28)8-15;1-3-5-4-2;3*1-3-4-2;/h9-11,13-14H,4,8,12,15H2,1-3,5-7H3,(H,33,38)(H,34,35,39);6-8,10-11H,9,12H2,1-5H3,(H,30,35)(H,31,32,36);1,4H2,2H3;3*1,3-4H2,2H3;. The Bertz CT molecular complexity index is 4040. The quantitative estimate of drug-likeness (QED) is 0.0211. The number of ether oxygens (including phenoxy) is 4. The molecule has 6 heterocycles. The van der Waals surface area contributed by atoms with Gasteiger partial charge in [0, 0.05) is 56.8 Å². The van der Waals surface area contributed by atoms with Gasteiger partial charge >= 0.3 is 155 Å². The fourth-order valence-electron chi connectivity index (χ4n) is 10.7. The second-order valence-electron chi connectivity index (χ2n) is 25.7. The molecule has 4 N–H and O–H groups in total. The van der Waals surface area contributed by atoms with Crippen LogP contribution in [-0.2, 0) is 44.9 Å². The Hall–Kier alpha value is -7.49. The molecule has 0 unspecified atom stereocenters. The molecule has 0 bridgehead atoms. The van der Waals surface area contributed by atoms with E-state index in [4.69, 9.17) is 51.0 Å². The molecule has 0 aliphatic carbocycles. The number of aromatic nitrogens is 8. The van der Waals surface area contributed by atoms with E-state index in [1.807, 2.05) is 57.2 Å². The minimum atomic E-state index is -2.24. The molecule has 0 radical (unpaired) electrons. The second-order valence-corrected chi connectivity index (χ2v) is 40.9. The van der Waals surface area contributed by atoms with Gasteiger partial charge in [-0.05, 0) is 181 Å². The fraction of sp³-hybridized carbons (Fsp3) is 0.444. The molecule has 26 heteroatoms. The molecule has 22 nitrogen and oxygen atoms in total. The number of benzene rings is 2. The predicted molar refractivity (Wildman–Crippen MR) is 396 cm³/mol. The summed E-state index contributed by atoms with van der Waals surface area (Å²) in [4.78, 5) is 67.3. The van der Waals surface area contributed by atoms with Crippen LogP contribution in [0.5, 0.6) is 0 Å². The number of pyridine rings is 4. The number of nitrogens with zero attached hydrogens (tertiary/aromatic N) is 8. The number of hydrogen-bond donors (Lipinski definition) is 4. The zero-order chi connectivity index (χ0) is 72.1. The summed E-state index contributed by atoms with van der Waals surface area (Å²) in [5.74, 6) is 0.459. The van der Waals surface area contributed by atoms with Crippen molar-refractivity contribution in [1.29, 1.82) is 0 Å². The Balaban J connectivity index is 0.000000250. The SMILES string of the molecule is C=C(OCC)c1cc(Cc2nnc(C(=O)NCc3c(C)cc(NC(=O)OC(C)(C)C)nc3C)o2)cc2cc(Cl)cnc12.C=[C](OCC)[Sn]([CH2]CCC)([CH2]CCC)[CH2]CCC.Cc1cc(NC(=O)OC(C)(C)C)nc(C)c1CNC(=O)c1nnc(Cc2cc(I)c3ncc(Cl)cc3c2)o1. The molecule has 2 aromatic carbocycles. The van der Waals surface area contributed by atoms with Gasteiger partial charge in [0.1, 0.15) is 28.6 Å². The van der Waals surface area contributed by atoms with Crippen LogP contribution in [0.4, 0.5) is 21.2 Å². The van der Waals surface area contributed by atoms with Crippen LogP contribution in [0.3, 0.4) is 0 Å². The predicted octanol–water partition coefficient (Wildman–Crippen LogP) is 17.8. The van der Waals surface area contributed by atoms with Gasteiger partial charge < -0.3 is 33.7 Å². The number of hydrogen-bond acceptors (Lipinski definition) is 18. The summed E-state index contributed by atoms with van der Waals surface area (Å²) in [7, 11) is 0. The van der Waals surface area contributed by atoms with Gasteiger partial charge in [-0.1, -0.05) is 29.8 Å². The van der Waals surface area contributed by atoms with E-state index in [1.54, 1.807) is 79.9 Å². The molecule has 0 fully saturated rings. The maximum atomic E-state index is 12.8. The number of rotatable bonds is 27. The average Bonchev–Trinajstić information content (AvgIpc) is 0.877. The average molecular weight is 1600 g/mol. The normalized spacial score (nSPS) is 11.4. The van der Waals surface area contributed by atoms with E-state index in [1.165, 1.54) is 55.6 Å². The fourth-order valence-corrected chi connectivity index (χ4v) is 26.5. The van der Waals surface area contributed by atoms with E-state index in [0.717, 1.165) is 65.4 Å². The summed E-state index contributed by atoms with van der Waals surface area (Å²) in [5.41, 5.74) is 7.38. The van der Waals surface area contributed by atoms with Crippen LogP contribution >= 0.6 is 45.8 Å². The van der Waals surface area contributed by atoms with E-state index < -0.39 is 53.6 Å². The largest absolute Gasteiger partial charge is 0.444 e. The van der Waals surface area contributed by atoms with Gasteiger partial charge in [-0.15, -0.1) is 20.4 Å². The second kappa shape index (κ2) is 37.1. The van der Waals surface area contributed by atoms with Crippen molar-refractivity contribution in [2.75, 3.05) is 23.8 Å². The van der Waals surface area contributed by atoms with Crippen molar-refractivity contribution in [2.45, 2.75) is 193 Å². The topological polar surface area (TPSA) is 283 Å². The van der Waals surface area contributed by atoms with Crippen LogP contribution in [0.25, 0.3) is 27.6 Å². The molecule has 6 aromatic heterocycles. The number of amides is 4. The van der Waals surface area contributed by atoms with Gasteiger partial charge in [0.25, 0.3) is 0 Å². The molecule has 8 aromatic rings. The van der Waals surface area contributed by atoms with Gasteiger partial charge in [-0.2, -0.15) is 0 Å². The van der Waals surface area contributed by atoms with Crippen molar-refractivity contribution in [3.05, 3.63) is 165 Å². The summed E-state index contributed by atoms with van der Waals surface area (Å²) in [6.07, 6.45) is 10.7. The first-order chi connectivity index (χ1) is 46.4. The van der Waals surface area contributed by atoms with Crippen LogP contribution in [0.2, 0.25) is 23.4 Å². The van der Waals surface area contributed by atoms with E-state index >= 15 is 0 Å². The summed E-state index contributed by atoms with van der Waals surface area (Å²) >= 11 is 12.2. The number of nitrogens with one attached hydrogen (secondary N) is 4. The Morgan fingerprint density at radius 3 is 1.40 bits per heavy atom. The Kier molecular flexibility index (Phi) is 30.1. The van der Waals surface area contributed by atoms with Crippen molar-refractivity contribution in [3.8, 4) is 0 Å². The van der Waals surface area contributed by atoms with Gasteiger partial charge in [0.05, 0.1) is 40.5 Å². The molecule has 0 saturated carbocycles. The number of fused-ring (bicyclic) bond motifs is 2. The number of aryl methyl sites for hydroxylation is 4. The number of anilines is 2. The molecule has 0 atom stereocenters. The smallest absolute Gasteiger partial charge is 0.413 e. The van der Waals surface area contributed by atoms with E-state index in [0.29, 0.717) is 63.3 Å². The molecule has 0 aliphatic rings. The maximum absolute atomic E-state index is 12.8. The zero-order valence-electron chi connectivity index (χ0n) is 59.1. The van der Waals surface area contributed by atoms with Crippen LogP contribution in [0, 0.1) is 31.3 Å². The molecule has 526 valence electrons. The van der Waals surface area contributed by atoms with Crippen molar-refractivity contribution in [1.82, 2.24) is 51.0 Å². The van der Waals surface area contributed by atoms with Crippen molar-refractivity contribution < 1.29 is 47.0 Å². The molecular formula is C72H93Cl2IN12O10Sn. The first-order valence-corrected chi connectivity index (χ1v) is 42.3. The summed E-state index contributed by atoms with van der Waals surface area (Å²) in [5, 5.41) is 29.5. The molecule has 0 spiro atoms. The molecular weight excluding hydrogens is 1510 g/mol. The van der Waals surface area contributed by atoms with Crippen LogP contribution < -0.4 is 21.3 Å². The number of halogens is 3. The third-order valence-electron chi connectivity index (χ3n) is 15.4. The number of carbonyl (C=O) groups excluding carboxylic acids is 4. The summed E-state index contributed by atoms with van der Waals surface area (Å²) in [6.45, 7) is 38.9. The molecule has 98 heavy (non-hydrogen) atoms.